The zero-order valence-electron chi connectivity index (χ0n) is 17.7. The average Bonchev–Trinajstić information content (AvgIpc) is 3.18. The second-order valence-electron chi connectivity index (χ2n) is 10.2. The van der Waals surface area contributed by atoms with Gasteiger partial charge < -0.3 is 15.5 Å². The largest absolute Gasteiger partial charge is 0.335 e. The highest BCUT2D eigenvalue weighted by molar-refractivity contribution is 6.02. The van der Waals surface area contributed by atoms with E-state index in [-0.39, 0.29) is 28.8 Å². The molecule has 156 valence electrons. The SMILES string of the molecule is CC12CN(C(=O)NC3CCCCC3)C3(C(=O)Nc4ccccc4)CC1CCC23C. The van der Waals surface area contributed by atoms with E-state index in [1.54, 1.807) is 0 Å². The first-order valence-corrected chi connectivity index (χ1v) is 11.4. The molecule has 2 N–H and O–H groups in total. The number of amides is 3. The van der Waals surface area contributed by atoms with Crippen LogP contribution in [-0.4, -0.2) is 35.0 Å². The van der Waals surface area contributed by atoms with Gasteiger partial charge in [0.15, 0.2) is 0 Å². The van der Waals surface area contributed by atoms with Crippen molar-refractivity contribution in [3.8, 4) is 0 Å². The first-order valence-electron chi connectivity index (χ1n) is 11.4. The molecule has 5 heteroatoms. The van der Waals surface area contributed by atoms with Crippen LogP contribution in [0.2, 0.25) is 0 Å². The molecule has 0 spiro atoms. The first-order chi connectivity index (χ1) is 13.9. The third-order valence-electron chi connectivity index (χ3n) is 9.14. The molecule has 5 rings (SSSR count). The van der Waals surface area contributed by atoms with Crippen molar-refractivity contribution in [3.63, 3.8) is 0 Å². The topological polar surface area (TPSA) is 61.4 Å². The number of carbonyl (C=O) groups excluding carboxylic acids is 2. The van der Waals surface area contributed by atoms with E-state index in [0.717, 1.165) is 31.4 Å². The van der Waals surface area contributed by atoms with Crippen LogP contribution in [0.3, 0.4) is 0 Å². The quantitative estimate of drug-likeness (QED) is 0.789. The summed E-state index contributed by atoms with van der Waals surface area (Å²) in [5.74, 6) is 0.517. The molecule has 5 nitrogen and oxygen atoms in total. The summed E-state index contributed by atoms with van der Waals surface area (Å²) in [6.07, 6.45) is 8.72. The van der Waals surface area contributed by atoms with Gasteiger partial charge in [0.05, 0.1) is 0 Å². The van der Waals surface area contributed by atoms with Gasteiger partial charge in [0, 0.05) is 23.7 Å². The molecule has 4 atom stereocenters. The molecule has 3 aliphatic carbocycles. The number of likely N-dealkylation sites (tertiary alicyclic amines) is 1. The van der Waals surface area contributed by atoms with Crippen molar-refractivity contribution >= 4 is 17.6 Å². The standard InChI is InChI=1S/C24H33N3O2/c1-22-16-27(21(29)26-19-11-7-4-8-12-19)24(15-17(22)13-14-23(22,24)2)20(28)25-18-9-5-3-6-10-18/h3,5-6,9-10,17,19H,4,7-8,11-16H2,1-2H3,(H,25,28)(H,26,29). The van der Waals surface area contributed by atoms with Crippen LogP contribution < -0.4 is 10.6 Å². The van der Waals surface area contributed by atoms with Crippen LogP contribution in [0.5, 0.6) is 0 Å². The van der Waals surface area contributed by atoms with Gasteiger partial charge in [0.25, 0.3) is 5.91 Å². The molecule has 1 saturated heterocycles. The molecule has 1 aliphatic heterocycles. The molecular formula is C24H33N3O2. The van der Waals surface area contributed by atoms with E-state index >= 15 is 0 Å². The highest BCUT2D eigenvalue weighted by atomic mass is 16.2. The van der Waals surface area contributed by atoms with Gasteiger partial charge >= 0.3 is 6.03 Å². The van der Waals surface area contributed by atoms with Gasteiger partial charge in [-0.05, 0) is 55.6 Å². The number of nitrogens with zero attached hydrogens (tertiary/aromatic N) is 1. The van der Waals surface area contributed by atoms with E-state index in [1.807, 2.05) is 35.2 Å². The molecule has 4 aliphatic rings. The number of rotatable bonds is 3. The number of hydrogen-bond donors (Lipinski definition) is 2. The number of carbonyl (C=O) groups is 2. The predicted molar refractivity (Wildman–Crippen MR) is 113 cm³/mol. The molecule has 4 unspecified atom stereocenters. The fraction of sp³-hybridized carbons (Fsp3) is 0.667. The van der Waals surface area contributed by atoms with Crippen molar-refractivity contribution in [2.24, 2.45) is 16.7 Å². The zero-order chi connectivity index (χ0) is 20.3. The molecule has 0 aromatic heterocycles. The van der Waals surface area contributed by atoms with E-state index < -0.39 is 5.54 Å². The van der Waals surface area contributed by atoms with E-state index in [9.17, 15) is 9.59 Å². The van der Waals surface area contributed by atoms with Crippen molar-refractivity contribution in [1.29, 1.82) is 0 Å². The maximum absolute atomic E-state index is 13.8. The number of benzene rings is 1. The summed E-state index contributed by atoms with van der Waals surface area (Å²) in [6, 6.07) is 9.88. The number of nitrogens with one attached hydrogen (secondary N) is 2. The number of piperidine rings is 1. The molecule has 1 heterocycles. The van der Waals surface area contributed by atoms with Gasteiger partial charge in [-0.15, -0.1) is 0 Å². The molecular weight excluding hydrogens is 362 g/mol. The Bertz CT molecular complexity index is 821. The van der Waals surface area contributed by atoms with Gasteiger partial charge in [0.1, 0.15) is 5.54 Å². The lowest BCUT2D eigenvalue weighted by atomic mass is 9.65. The Balaban J connectivity index is 1.46. The molecule has 4 bridgehead atoms. The maximum Gasteiger partial charge on any atom is 0.318 e. The van der Waals surface area contributed by atoms with Crippen LogP contribution in [0.1, 0.15) is 65.2 Å². The van der Waals surface area contributed by atoms with Crippen LogP contribution in [0.15, 0.2) is 30.3 Å². The molecule has 4 fully saturated rings. The van der Waals surface area contributed by atoms with Crippen molar-refractivity contribution in [1.82, 2.24) is 10.2 Å². The zero-order valence-corrected chi connectivity index (χ0v) is 17.7. The Morgan fingerprint density at radius 1 is 1.03 bits per heavy atom. The second-order valence-corrected chi connectivity index (χ2v) is 10.2. The van der Waals surface area contributed by atoms with Crippen LogP contribution in [0, 0.1) is 16.7 Å². The third kappa shape index (κ3) is 2.45. The Kier molecular flexibility index (Phi) is 4.24. The molecule has 0 radical (unpaired) electrons. The summed E-state index contributed by atoms with van der Waals surface area (Å²) >= 11 is 0. The van der Waals surface area contributed by atoms with Crippen molar-refractivity contribution < 1.29 is 9.59 Å². The normalized spacial score (nSPS) is 38.3. The lowest BCUT2D eigenvalue weighted by molar-refractivity contribution is -0.131. The lowest BCUT2D eigenvalue weighted by Gasteiger charge is -2.47. The number of para-hydroxylation sites is 1. The minimum Gasteiger partial charge on any atom is -0.335 e. The number of anilines is 1. The van der Waals surface area contributed by atoms with Gasteiger partial charge in [-0.1, -0.05) is 51.3 Å². The summed E-state index contributed by atoms with van der Waals surface area (Å²) < 4.78 is 0. The smallest absolute Gasteiger partial charge is 0.318 e. The van der Waals surface area contributed by atoms with Crippen LogP contribution in [0.4, 0.5) is 10.5 Å². The van der Waals surface area contributed by atoms with Gasteiger partial charge in [0.2, 0.25) is 0 Å². The minimum atomic E-state index is -0.751. The van der Waals surface area contributed by atoms with Crippen molar-refractivity contribution in [2.75, 3.05) is 11.9 Å². The third-order valence-corrected chi connectivity index (χ3v) is 9.14. The van der Waals surface area contributed by atoms with Gasteiger partial charge in [-0.2, -0.15) is 0 Å². The van der Waals surface area contributed by atoms with Crippen LogP contribution >= 0.6 is 0 Å². The van der Waals surface area contributed by atoms with Crippen molar-refractivity contribution in [3.05, 3.63) is 30.3 Å². The van der Waals surface area contributed by atoms with E-state index in [0.29, 0.717) is 12.5 Å². The molecule has 1 aromatic carbocycles. The lowest BCUT2D eigenvalue weighted by Crippen LogP contribution is -2.64. The summed E-state index contributed by atoms with van der Waals surface area (Å²) in [5, 5.41) is 6.45. The summed E-state index contributed by atoms with van der Waals surface area (Å²) in [5.41, 5.74) is -0.100. The average molecular weight is 396 g/mol. The summed E-state index contributed by atoms with van der Waals surface area (Å²) in [6.45, 7) is 5.27. The van der Waals surface area contributed by atoms with E-state index in [1.165, 1.54) is 25.7 Å². The van der Waals surface area contributed by atoms with E-state index in [2.05, 4.69) is 24.5 Å². The van der Waals surface area contributed by atoms with Crippen LogP contribution in [0.25, 0.3) is 0 Å². The van der Waals surface area contributed by atoms with Gasteiger partial charge in [-0.25, -0.2) is 4.79 Å². The Labute approximate surface area is 173 Å². The highest BCUT2D eigenvalue weighted by Gasteiger charge is 2.80. The number of hydrogen-bond acceptors (Lipinski definition) is 2. The molecule has 3 saturated carbocycles. The molecule has 3 amide bonds. The van der Waals surface area contributed by atoms with Crippen LogP contribution in [-0.2, 0) is 4.79 Å². The molecule has 29 heavy (non-hydrogen) atoms. The number of urea groups is 1. The Morgan fingerprint density at radius 3 is 2.45 bits per heavy atom. The Hall–Kier alpha value is -2.04. The van der Waals surface area contributed by atoms with Gasteiger partial charge in [-0.3, -0.25) is 4.79 Å². The monoisotopic (exact) mass is 395 g/mol. The van der Waals surface area contributed by atoms with Crippen molar-refractivity contribution in [2.45, 2.75) is 76.8 Å². The maximum atomic E-state index is 13.8. The fourth-order valence-corrected chi connectivity index (χ4v) is 7.25. The second kappa shape index (κ2) is 6.48. The molecule has 1 aromatic rings. The summed E-state index contributed by atoms with van der Waals surface area (Å²) in [7, 11) is 0. The fourth-order valence-electron chi connectivity index (χ4n) is 7.25. The predicted octanol–water partition coefficient (Wildman–Crippen LogP) is 4.55. The summed E-state index contributed by atoms with van der Waals surface area (Å²) in [4.78, 5) is 29.2. The van der Waals surface area contributed by atoms with E-state index in [4.69, 9.17) is 0 Å². The highest BCUT2D eigenvalue weighted by Crippen LogP contribution is 2.75. The minimum absolute atomic E-state index is 0.00378. The first kappa shape index (κ1) is 19.0. The Morgan fingerprint density at radius 2 is 1.76 bits per heavy atom.